The molecule has 38 valence electrons. The van der Waals surface area contributed by atoms with E-state index in [2.05, 4.69) is 17.8 Å². The van der Waals surface area contributed by atoms with E-state index in [4.69, 9.17) is 25.0 Å². The van der Waals surface area contributed by atoms with Crippen molar-refractivity contribution in [3.05, 3.63) is 0 Å². The summed E-state index contributed by atoms with van der Waals surface area (Å²) in [6.07, 6.45) is 14.6. The monoisotopic (exact) mass is 103 g/mol. The number of rotatable bonds is 0. The molecule has 0 bridgehead atoms. The lowest BCUT2D eigenvalue weighted by molar-refractivity contribution is 0.929. The number of hydrogen-bond donors (Lipinski definition) is 1. The Kier molecular flexibility index (Phi) is 1.73. The van der Waals surface area contributed by atoms with Crippen molar-refractivity contribution in [3.63, 3.8) is 0 Å². The Hall–Kier alpha value is -1.36. The van der Waals surface area contributed by atoms with E-state index >= 15 is 0 Å². The van der Waals surface area contributed by atoms with Crippen LogP contribution in [-0.4, -0.2) is 5.54 Å². The zero-order valence-corrected chi connectivity index (χ0v) is 4.31. The minimum atomic E-state index is -1.29. The van der Waals surface area contributed by atoms with Gasteiger partial charge in [-0.05, 0) is 0 Å². The van der Waals surface area contributed by atoms with Gasteiger partial charge in [-0.1, -0.05) is 17.8 Å². The Balaban J connectivity index is 4.42. The van der Waals surface area contributed by atoms with Crippen molar-refractivity contribution in [1.82, 2.24) is 0 Å². The van der Waals surface area contributed by atoms with Crippen LogP contribution in [0.2, 0.25) is 0 Å². The molecule has 0 saturated carbocycles. The summed E-state index contributed by atoms with van der Waals surface area (Å²) in [5.74, 6) is 6.25. The van der Waals surface area contributed by atoms with Crippen molar-refractivity contribution >= 4 is 0 Å². The topological polar surface area (TPSA) is 26.0 Å². The fraction of sp³-hybridized carbons (Fsp3) is 0.143. The van der Waals surface area contributed by atoms with E-state index < -0.39 is 5.54 Å². The van der Waals surface area contributed by atoms with Crippen LogP contribution in [0, 0.1) is 37.0 Å². The number of terminal acetylenes is 3. The van der Waals surface area contributed by atoms with Gasteiger partial charge in [0.05, 0.1) is 0 Å². The first-order valence-corrected chi connectivity index (χ1v) is 1.90. The molecule has 0 aliphatic rings. The van der Waals surface area contributed by atoms with E-state index in [0.717, 1.165) is 0 Å². The molecule has 0 unspecified atom stereocenters. The van der Waals surface area contributed by atoms with E-state index in [1.165, 1.54) is 0 Å². The third-order valence-electron chi connectivity index (χ3n) is 0.683. The van der Waals surface area contributed by atoms with Gasteiger partial charge in [0.2, 0.25) is 5.54 Å². The van der Waals surface area contributed by atoms with Gasteiger partial charge in [0.15, 0.2) is 0 Å². The SMILES string of the molecule is C#CC(N)(C#C)C#C. The lowest BCUT2D eigenvalue weighted by atomic mass is 10.1. The first-order valence-electron chi connectivity index (χ1n) is 1.90. The molecule has 2 N–H and O–H groups in total. The first-order chi connectivity index (χ1) is 3.68. The van der Waals surface area contributed by atoms with Crippen LogP contribution in [0.25, 0.3) is 0 Å². The normalized spacial score (nSPS) is 8.25. The standard InChI is InChI=1S/C7H5N/c1-4-7(8,5-2)6-3/h1-3H,8H2. The lowest BCUT2D eigenvalue weighted by Crippen LogP contribution is -2.33. The molecule has 1 nitrogen and oxygen atoms in total. The average Bonchev–Trinajstić information content (AvgIpc) is 1.87. The van der Waals surface area contributed by atoms with Crippen LogP contribution >= 0.6 is 0 Å². The Labute approximate surface area is 49.3 Å². The molecule has 0 saturated heterocycles. The third-order valence-corrected chi connectivity index (χ3v) is 0.683. The van der Waals surface area contributed by atoms with Crippen molar-refractivity contribution in [1.29, 1.82) is 0 Å². The van der Waals surface area contributed by atoms with Crippen LogP contribution in [0.1, 0.15) is 0 Å². The zero-order valence-electron chi connectivity index (χ0n) is 4.31. The Bertz CT molecular complexity index is 158. The molecule has 0 aliphatic carbocycles. The highest BCUT2D eigenvalue weighted by Gasteiger charge is 2.11. The van der Waals surface area contributed by atoms with E-state index in [9.17, 15) is 0 Å². The van der Waals surface area contributed by atoms with Gasteiger partial charge in [0.1, 0.15) is 0 Å². The molecule has 0 rings (SSSR count). The lowest BCUT2D eigenvalue weighted by Gasteiger charge is -2.03. The molecule has 8 heavy (non-hydrogen) atoms. The van der Waals surface area contributed by atoms with Crippen LogP contribution < -0.4 is 5.73 Å². The minimum Gasteiger partial charge on any atom is -0.295 e. The van der Waals surface area contributed by atoms with Crippen LogP contribution in [-0.2, 0) is 0 Å². The van der Waals surface area contributed by atoms with Crippen molar-refractivity contribution < 1.29 is 0 Å². The van der Waals surface area contributed by atoms with Gasteiger partial charge in [0.25, 0.3) is 0 Å². The van der Waals surface area contributed by atoms with Gasteiger partial charge in [-0.15, -0.1) is 19.3 Å². The van der Waals surface area contributed by atoms with Crippen LogP contribution in [0.4, 0.5) is 0 Å². The predicted octanol–water partition coefficient (Wildman–Crippen LogP) is -0.416. The number of nitrogens with two attached hydrogens (primary N) is 1. The van der Waals surface area contributed by atoms with Crippen molar-refractivity contribution in [2.24, 2.45) is 5.73 Å². The highest BCUT2D eigenvalue weighted by Crippen LogP contribution is 1.89. The van der Waals surface area contributed by atoms with Gasteiger partial charge in [-0.3, -0.25) is 5.73 Å². The smallest absolute Gasteiger partial charge is 0.201 e. The van der Waals surface area contributed by atoms with Crippen LogP contribution in [0.15, 0.2) is 0 Å². The largest absolute Gasteiger partial charge is 0.295 e. The molecule has 0 atom stereocenters. The maximum atomic E-state index is 5.19. The fourth-order valence-corrected chi connectivity index (χ4v) is 0.125. The second kappa shape index (κ2) is 2.08. The third kappa shape index (κ3) is 1.05. The molecule has 0 aromatic rings. The van der Waals surface area contributed by atoms with E-state index in [1.807, 2.05) is 0 Å². The minimum absolute atomic E-state index is 1.29. The highest BCUT2D eigenvalue weighted by molar-refractivity contribution is 5.39. The maximum absolute atomic E-state index is 5.19. The average molecular weight is 103 g/mol. The van der Waals surface area contributed by atoms with Gasteiger partial charge in [-0.25, -0.2) is 0 Å². The molecule has 0 fully saturated rings. The molecule has 0 spiro atoms. The first kappa shape index (κ1) is 6.64. The van der Waals surface area contributed by atoms with Crippen molar-refractivity contribution in [2.75, 3.05) is 0 Å². The summed E-state index contributed by atoms with van der Waals surface area (Å²) in [5, 5.41) is 0. The summed E-state index contributed by atoms with van der Waals surface area (Å²) in [6, 6.07) is 0. The quantitative estimate of drug-likeness (QED) is 0.414. The summed E-state index contributed by atoms with van der Waals surface area (Å²) in [6.45, 7) is 0. The van der Waals surface area contributed by atoms with Gasteiger partial charge >= 0.3 is 0 Å². The maximum Gasteiger partial charge on any atom is 0.201 e. The molecule has 1 heteroatoms. The summed E-state index contributed by atoms with van der Waals surface area (Å²) >= 11 is 0. The fourth-order valence-electron chi connectivity index (χ4n) is 0.125. The van der Waals surface area contributed by atoms with Gasteiger partial charge < -0.3 is 0 Å². The zero-order chi connectivity index (χ0) is 6.62. The van der Waals surface area contributed by atoms with Crippen molar-refractivity contribution in [3.8, 4) is 37.0 Å². The Morgan fingerprint density at radius 3 is 1.25 bits per heavy atom. The Morgan fingerprint density at radius 2 is 1.25 bits per heavy atom. The van der Waals surface area contributed by atoms with Gasteiger partial charge in [0, 0.05) is 0 Å². The van der Waals surface area contributed by atoms with E-state index in [-0.39, 0.29) is 0 Å². The Morgan fingerprint density at radius 1 is 1.00 bits per heavy atom. The van der Waals surface area contributed by atoms with Crippen molar-refractivity contribution in [2.45, 2.75) is 5.54 Å². The second-order valence-electron chi connectivity index (χ2n) is 1.24. The molecule has 0 aromatic carbocycles. The van der Waals surface area contributed by atoms with Crippen LogP contribution in [0.5, 0.6) is 0 Å². The summed E-state index contributed by atoms with van der Waals surface area (Å²) in [7, 11) is 0. The second-order valence-corrected chi connectivity index (χ2v) is 1.24. The summed E-state index contributed by atoms with van der Waals surface area (Å²) in [5.41, 5.74) is 3.90. The summed E-state index contributed by atoms with van der Waals surface area (Å²) < 4.78 is 0. The number of hydrogen-bond acceptors (Lipinski definition) is 1. The van der Waals surface area contributed by atoms with E-state index in [1.54, 1.807) is 0 Å². The molecule has 0 aliphatic heterocycles. The molecule has 0 radical (unpaired) electrons. The van der Waals surface area contributed by atoms with Gasteiger partial charge in [-0.2, -0.15) is 0 Å². The molecule has 0 heterocycles. The molecule has 0 amide bonds. The predicted molar refractivity (Wildman–Crippen MR) is 33.4 cm³/mol. The van der Waals surface area contributed by atoms with E-state index in [0.29, 0.717) is 0 Å². The van der Waals surface area contributed by atoms with Crippen LogP contribution in [0.3, 0.4) is 0 Å². The summed E-state index contributed by atoms with van der Waals surface area (Å²) in [4.78, 5) is 0. The molecule has 0 aromatic heterocycles. The molecular weight excluding hydrogens is 98.1 g/mol. The highest BCUT2D eigenvalue weighted by atomic mass is 14.7. The molecular formula is C7H5N.